The summed E-state index contributed by atoms with van der Waals surface area (Å²) in [6.45, 7) is 14.1. The number of aromatic nitrogens is 3. The molecular formula is C29H36N4O6. The van der Waals surface area contributed by atoms with Gasteiger partial charge in [0.15, 0.2) is 11.6 Å². The molecule has 0 bridgehead atoms. The van der Waals surface area contributed by atoms with Crippen molar-refractivity contribution in [2.45, 2.75) is 73.2 Å². The van der Waals surface area contributed by atoms with Gasteiger partial charge in [0.25, 0.3) is 0 Å². The normalized spacial score (nSPS) is 11.5. The van der Waals surface area contributed by atoms with Gasteiger partial charge in [-0.3, -0.25) is 4.98 Å². The molecule has 0 aliphatic carbocycles. The van der Waals surface area contributed by atoms with Crippen molar-refractivity contribution in [1.82, 2.24) is 15.0 Å². The Hall–Kier alpha value is -4.21. The Morgan fingerprint density at radius 1 is 0.872 bits per heavy atom. The fourth-order valence-electron chi connectivity index (χ4n) is 3.47. The molecular weight excluding hydrogens is 500 g/mol. The maximum absolute atomic E-state index is 13.2. The Kier molecular flexibility index (Phi) is 8.78. The summed E-state index contributed by atoms with van der Waals surface area (Å²) in [5, 5.41) is 0. The van der Waals surface area contributed by atoms with Crippen LogP contribution < -0.4 is 14.4 Å². The summed E-state index contributed by atoms with van der Waals surface area (Å²) in [4.78, 5) is 40.7. The van der Waals surface area contributed by atoms with Crippen molar-refractivity contribution < 1.29 is 28.5 Å². The van der Waals surface area contributed by atoms with E-state index < -0.39 is 23.4 Å². The lowest BCUT2D eigenvalue weighted by molar-refractivity contribution is 0.0429. The van der Waals surface area contributed by atoms with Gasteiger partial charge in [-0.25, -0.2) is 19.6 Å². The maximum Gasteiger partial charge on any atom is 0.425 e. The summed E-state index contributed by atoms with van der Waals surface area (Å²) in [5.74, 6) is 1.48. The van der Waals surface area contributed by atoms with Crippen LogP contribution in [0.4, 0.5) is 15.4 Å². The molecule has 10 nitrogen and oxygen atoms in total. The monoisotopic (exact) mass is 536 g/mol. The van der Waals surface area contributed by atoms with Crippen molar-refractivity contribution >= 4 is 18.0 Å². The van der Waals surface area contributed by atoms with Gasteiger partial charge in [0, 0.05) is 18.0 Å². The van der Waals surface area contributed by atoms with Crippen molar-refractivity contribution in [2.24, 2.45) is 0 Å². The van der Waals surface area contributed by atoms with Gasteiger partial charge in [-0.1, -0.05) is 12.1 Å². The van der Waals surface area contributed by atoms with E-state index in [1.54, 1.807) is 74.8 Å². The Labute approximate surface area is 229 Å². The summed E-state index contributed by atoms with van der Waals surface area (Å²) in [6, 6.07) is 10.8. The summed E-state index contributed by atoms with van der Waals surface area (Å²) in [7, 11) is 1.61. The Morgan fingerprint density at radius 2 is 1.46 bits per heavy atom. The van der Waals surface area contributed by atoms with Crippen LogP contribution in [-0.2, 0) is 16.1 Å². The SMILES string of the molecule is COc1ccc(COc2ccnc(C)c2-c2nc(C)cc(N(C(=O)OC(C)(C)C)C(=O)OC(C)(C)C)n2)cc1. The summed E-state index contributed by atoms with van der Waals surface area (Å²) in [5.41, 5.74) is 0.874. The molecule has 0 radical (unpaired) electrons. The van der Waals surface area contributed by atoms with Crippen LogP contribution in [0.2, 0.25) is 0 Å². The number of carbonyl (C=O) groups excluding carboxylic acids is 2. The predicted octanol–water partition coefficient (Wildman–Crippen LogP) is 6.42. The average Bonchev–Trinajstić information content (AvgIpc) is 2.80. The van der Waals surface area contributed by atoms with Gasteiger partial charge in [-0.2, -0.15) is 4.90 Å². The standard InChI is InChI=1S/C29H36N4O6/c1-18-16-23(33(26(34)38-28(3,4)5)27(35)39-29(6,7)8)32-25(31-18)24-19(2)30-15-14-22(24)37-17-20-10-12-21(36-9)13-11-20/h10-16H,17H2,1-9H3. The number of rotatable bonds is 6. The molecule has 39 heavy (non-hydrogen) atoms. The van der Waals surface area contributed by atoms with Crippen molar-refractivity contribution in [3.05, 3.63) is 59.5 Å². The lowest BCUT2D eigenvalue weighted by Crippen LogP contribution is -2.44. The summed E-state index contributed by atoms with van der Waals surface area (Å²) >= 11 is 0. The molecule has 0 saturated carbocycles. The second-order valence-corrected chi connectivity index (χ2v) is 10.9. The van der Waals surface area contributed by atoms with E-state index in [0.717, 1.165) is 16.2 Å². The van der Waals surface area contributed by atoms with Crippen LogP contribution in [0.15, 0.2) is 42.6 Å². The van der Waals surface area contributed by atoms with Crippen LogP contribution in [0.25, 0.3) is 11.4 Å². The third-order valence-electron chi connectivity index (χ3n) is 5.10. The Morgan fingerprint density at radius 3 is 2.00 bits per heavy atom. The van der Waals surface area contributed by atoms with E-state index in [4.69, 9.17) is 18.9 Å². The molecule has 3 aromatic rings. The number of amides is 2. The van der Waals surface area contributed by atoms with Crippen molar-refractivity contribution in [1.29, 1.82) is 0 Å². The number of anilines is 1. The van der Waals surface area contributed by atoms with E-state index in [9.17, 15) is 9.59 Å². The van der Waals surface area contributed by atoms with Gasteiger partial charge >= 0.3 is 12.2 Å². The molecule has 2 amide bonds. The molecule has 0 saturated heterocycles. The minimum atomic E-state index is -0.917. The van der Waals surface area contributed by atoms with E-state index >= 15 is 0 Å². The number of carbonyl (C=O) groups is 2. The molecule has 0 unspecified atom stereocenters. The number of nitrogens with zero attached hydrogens (tertiary/aromatic N) is 4. The van der Waals surface area contributed by atoms with Gasteiger partial charge in [-0.15, -0.1) is 0 Å². The van der Waals surface area contributed by atoms with Crippen LogP contribution in [0.5, 0.6) is 11.5 Å². The number of hydrogen-bond donors (Lipinski definition) is 0. The molecule has 0 atom stereocenters. The highest BCUT2D eigenvalue weighted by atomic mass is 16.6. The van der Waals surface area contributed by atoms with E-state index in [1.165, 1.54) is 6.07 Å². The zero-order valence-corrected chi connectivity index (χ0v) is 24.0. The number of methoxy groups -OCH3 is 1. The number of benzene rings is 1. The molecule has 3 rings (SSSR count). The van der Waals surface area contributed by atoms with E-state index in [1.807, 2.05) is 24.3 Å². The number of hydrogen-bond acceptors (Lipinski definition) is 9. The number of ether oxygens (including phenoxy) is 4. The molecule has 2 aromatic heterocycles. The van der Waals surface area contributed by atoms with Gasteiger partial charge in [0.2, 0.25) is 0 Å². The summed E-state index contributed by atoms with van der Waals surface area (Å²) in [6.07, 6.45) is -0.202. The largest absolute Gasteiger partial charge is 0.497 e. The second-order valence-electron chi connectivity index (χ2n) is 10.9. The topological polar surface area (TPSA) is 113 Å². The molecule has 0 aliphatic heterocycles. The highest BCUT2D eigenvalue weighted by Gasteiger charge is 2.34. The minimum Gasteiger partial charge on any atom is -0.497 e. The highest BCUT2D eigenvalue weighted by molar-refractivity contribution is 6.08. The van der Waals surface area contributed by atoms with Gasteiger partial charge in [0.1, 0.15) is 29.3 Å². The number of pyridine rings is 1. The maximum atomic E-state index is 13.2. The van der Waals surface area contributed by atoms with Gasteiger partial charge < -0.3 is 18.9 Å². The predicted molar refractivity (Wildman–Crippen MR) is 147 cm³/mol. The first-order valence-electron chi connectivity index (χ1n) is 12.5. The Balaban J connectivity index is 2.04. The zero-order valence-electron chi connectivity index (χ0n) is 24.0. The molecule has 10 heteroatoms. The highest BCUT2D eigenvalue weighted by Crippen LogP contribution is 2.32. The first kappa shape index (κ1) is 29.3. The third kappa shape index (κ3) is 8.13. The van der Waals surface area contributed by atoms with Crippen LogP contribution >= 0.6 is 0 Å². The van der Waals surface area contributed by atoms with Crippen molar-refractivity contribution in [3.63, 3.8) is 0 Å². The van der Waals surface area contributed by atoms with Crippen molar-refractivity contribution in [2.75, 3.05) is 12.0 Å². The Bertz CT molecular complexity index is 1300. The quantitative estimate of drug-likeness (QED) is 0.352. The number of imide groups is 1. The van der Waals surface area contributed by atoms with Crippen LogP contribution in [-0.4, -0.2) is 45.5 Å². The fraction of sp³-hybridized carbons (Fsp3) is 0.414. The van der Waals surface area contributed by atoms with Crippen molar-refractivity contribution in [3.8, 4) is 22.9 Å². The molecule has 2 heterocycles. The van der Waals surface area contributed by atoms with Gasteiger partial charge in [-0.05, 0) is 79.2 Å². The second kappa shape index (κ2) is 11.7. The van der Waals surface area contributed by atoms with Gasteiger partial charge in [0.05, 0.1) is 18.4 Å². The molecule has 208 valence electrons. The van der Waals surface area contributed by atoms with E-state index in [2.05, 4.69) is 15.0 Å². The first-order chi connectivity index (χ1) is 18.2. The van der Waals surface area contributed by atoms with Crippen LogP contribution in [0.1, 0.15) is 58.5 Å². The van der Waals surface area contributed by atoms with Crippen LogP contribution in [0, 0.1) is 13.8 Å². The number of aryl methyl sites for hydroxylation is 2. The molecule has 0 N–H and O–H groups in total. The lowest BCUT2D eigenvalue weighted by Gasteiger charge is -2.28. The first-order valence-corrected chi connectivity index (χ1v) is 12.5. The fourth-order valence-corrected chi connectivity index (χ4v) is 3.47. The molecule has 1 aromatic carbocycles. The third-order valence-corrected chi connectivity index (χ3v) is 5.10. The molecule has 0 spiro atoms. The average molecular weight is 537 g/mol. The summed E-state index contributed by atoms with van der Waals surface area (Å²) < 4.78 is 22.4. The minimum absolute atomic E-state index is 0.00496. The zero-order chi connectivity index (χ0) is 29.0. The molecule has 0 fully saturated rings. The van der Waals surface area contributed by atoms with E-state index in [0.29, 0.717) is 22.7 Å². The van der Waals surface area contributed by atoms with Crippen LogP contribution in [0.3, 0.4) is 0 Å². The lowest BCUT2D eigenvalue weighted by atomic mass is 10.1. The van der Waals surface area contributed by atoms with E-state index in [-0.39, 0.29) is 18.2 Å². The molecule has 0 aliphatic rings. The smallest absolute Gasteiger partial charge is 0.425 e.